The first kappa shape index (κ1) is 23.6. The third kappa shape index (κ3) is 3.53. The van der Waals surface area contributed by atoms with Crippen LogP contribution in [0.2, 0.25) is 5.02 Å². The lowest BCUT2D eigenvalue weighted by molar-refractivity contribution is 0.116. The van der Waals surface area contributed by atoms with Crippen molar-refractivity contribution in [3.63, 3.8) is 0 Å². The molecule has 0 bridgehead atoms. The van der Waals surface area contributed by atoms with E-state index in [9.17, 15) is 14.3 Å². The fraction of sp³-hybridized carbons (Fsp3) is 0.103. The molecule has 5 nitrogen and oxygen atoms in total. The smallest absolute Gasteiger partial charge is 0.258 e. The Hall–Kier alpha value is -4.18. The summed E-state index contributed by atoms with van der Waals surface area (Å²) < 4.78 is 17.5. The molecule has 5 rings (SSSR count). The van der Waals surface area contributed by atoms with Crippen molar-refractivity contribution in [3.05, 3.63) is 123 Å². The second kappa shape index (κ2) is 8.80. The van der Waals surface area contributed by atoms with Crippen molar-refractivity contribution >= 4 is 22.5 Å². The number of hydrogen-bond donors (Lipinski definition) is 1. The van der Waals surface area contributed by atoms with Gasteiger partial charge in [0, 0.05) is 30.1 Å². The van der Waals surface area contributed by atoms with Crippen LogP contribution in [0.15, 0.2) is 84.0 Å². The second-order valence-corrected chi connectivity index (χ2v) is 9.01. The summed E-state index contributed by atoms with van der Waals surface area (Å²) in [7, 11) is 3.39. The summed E-state index contributed by atoms with van der Waals surface area (Å²) in [5.74, 6) is 1.82. The number of aryl methyl sites for hydroxylation is 2. The molecule has 1 N–H and O–H groups in total. The maximum absolute atomic E-state index is 14.4. The second-order valence-electron chi connectivity index (χ2n) is 8.58. The molecule has 0 radical (unpaired) electrons. The van der Waals surface area contributed by atoms with Gasteiger partial charge in [-0.15, -0.1) is 6.42 Å². The van der Waals surface area contributed by atoms with Crippen molar-refractivity contribution in [3.8, 4) is 23.5 Å². The van der Waals surface area contributed by atoms with Crippen LogP contribution in [0.1, 0.15) is 22.4 Å². The molecular formula is C29H21ClFN3O2. The first-order valence-electron chi connectivity index (χ1n) is 11.1. The van der Waals surface area contributed by atoms with Crippen LogP contribution in [-0.4, -0.2) is 19.2 Å². The molecule has 0 aliphatic heterocycles. The van der Waals surface area contributed by atoms with Gasteiger partial charge in [-0.1, -0.05) is 53.9 Å². The zero-order valence-corrected chi connectivity index (χ0v) is 20.3. The summed E-state index contributed by atoms with van der Waals surface area (Å²) in [5, 5.41) is 13.8. The zero-order valence-electron chi connectivity index (χ0n) is 19.5. The normalized spacial score (nSPS) is 12.9. The van der Waals surface area contributed by atoms with Crippen LogP contribution in [0.3, 0.4) is 0 Å². The van der Waals surface area contributed by atoms with Crippen molar-refractivity contribution < 1.29 is 9.50 Å². The third-order valence-corrected chi connectivity index (χ3v) is 6.78. The fourth-order valence-electron chi connectivity index (χ4n) is 4.74. The summed E-state index contributed by atoms with van der Waals surface area (Å²) in [6.07, 6.45) is 8.63. The Bertz CT molecular complexity index is 1730. The van der Waals surface area contributed by atoms with Crippen LogP contribution in [0.4, 0.5) is 4.39 Å². The number of aliphatic hydroxyl groups is 1. The van der Waals surface area contributed by atoms with Gasteiger partial charge in [-0.3, -0.25) is 4.79 Å². The van der Waals surface area contributed by atoms with Crippen LogP contribution in [0.5, 0.6) is 0 Å². The number of benzene rings is 3. The lowest BCUT2D eigenvalue weighted by atomic mass is 9.79. The van der Waals surface area contributed by atoms with E-state index in [1.807, 2.05) is 24.3 Å². The lowest BCUT2D eigenvalue weighted by Crippen LogP contribution is -2.39. The molecule has 1 unspecified atom stereocenters. The molecule has 0 aliphatic rings. The van der Waals surface area contributed by atoms with Gasteiger partial charge < -0.3 is 14.2 Å². The number of terminal acetylenes is 1. The van der Waals surface area contributed by atoms with Gasteiger partial charge in [0.05, 0.1) is 34.9 Å². The Morgan fingerprint density at radius 2 is 1.81 bits per heavy atom. The first-order valence-corrected chi connectivity index (χ1v) is 11.5. The Morgan fingerprint density at radius 3 is 2.47 bits per heavy atom. The van der Waals surface area contributed by atoms with E-state index in [0.29, 0.717) is 38.3 Å². The van der Waals surface area contributed by atoms with Crippen molar-refractivity contribution in [1.82, 2.24) is 14.1 Å². The molecule has 0 amide bonds. The van der Waals surface area contributed by atoms with E-state index in [0.717, 1.165) is 0 Å². The maximum atomic E-state index is 14.4. The van der Waals surface area contributed by atoms with Crippen LogP contribution in [-0.2, 0) is 19.7 Å². The monoisotopic (exact) mass is 497 g/mol. The summed E-state index contributed by atoms with van der Waals surface area (Å²) in [5.41, 5.74) is 0.176. The molecule has 2 aromatic heterocycles. The molecule has 2 heterocycles. The molecule has 0 saturated heterocycles. The van der Waals surface area contributed by atoms with Gasteiger partial charge in [0.2, 0.25) is 0 Å². The third-order valence-electron chi connectivity index (χ3n) is 6.52. The van der Waals surface area contributed by atoms with E-state index >= 15 is 0 Å². The highest BCUT2D eigenvalue weighted by molar-refractivity contribution is 6.30. The molecule has 1 atom stereocenters. The van der Waals surface area contributed by atoms with E-state index < -0.39 is 17.0 Å². The minimum Gasteiger partial charge on any atom is -0.374 e. The van der Waals surface area contributed by atoms with E-state index in [4.69, 9.17) is 18.0 Å². The molecule has 5 aromatic rings. The van der Waals surface area contributed by atoms with E-state index in [-0.39, 0.29) is 11.1 Å². The molecule has 0 aliphatic carbocycles. The number of para-hydroxylation sites is 1. The van der Waals surface area contributed by atoms with Gasteiger partial charge >= 0.3 is 0 Å². The lowest BCUT2D eigenvalue weighted by Gasteiger charge is -2.32. The fourth-order valence-corrected chi connectivity index (χ4v) is 4.87. The number of nitrogens with zero attached hydrogens (tertiary/aromatic N) is 3. The van der Waals surface area contributed by atoms with Crippen molar-refractivity contribution in [2.45, 2.75) is 5.60 Å². The topological polar surface area (TPSA) is 60.1 Å². The van der Waals surface area contributed by atoms with Crippen LogP contribution < -0.4 is 5.56 Å². The highest BCUT2D eigenvalue weighted by Crippen LogP contribution is 2.42. The Labute approximate surface area is 212 Å². The van der Waals surface area contributed by atoms with Crippen LogP contribution in [0.25, 0.3) is 22.0 Å². The number of halogens is 2. The molecule has 7 heteroatoms. The summed E-state index contributed by atoms with van der Waals surface area (Å²) in [6.45, 7) is 0. The number of rotatable bonds is 4. The summed E-state index contributed by atoms with van der Waals surface area (Å²) in [6, 6.07) is 18.3. The minimum absolute atomic E-state index is 0.0544. The van der Waals surface area contributed by atoms with Gasteiger partial charge in [-0.05, 0) is 41.5 Å². The van der Waals surface area contributed by atoms with Gasteiger partial charge in [-0.25, -0.2) is 9.37 Å². The molecular weight excluding hydrogens is 477 g/mol. The van der Waals surface area contributed by atoms with Crippen LogP contribution in [0, 0.1) is 18.2 Å². The van der Waals surface area contributed by atoms with E-state index in [1.165, 1.54) is 22.9 Å². The van der Waals surface area contributed by atoms with Gasteiger partial charge in [-0.2, -0.15) is 0 Å². The first-order chi connectivity index (χ1) is 17.3. The van der Waals surface area contributed by atoms with Gasteiger partial charge in [0.1, 0.15) is 5.82 Å². The Kier molecular flexibility index (Phi) is 5.76. The Balaban J connectivity index is 2.02. The van der Waals surface area contributed by atoms with Gasteiger partial charge in [0.25, 0.3) is 5.56 Å². The number of pyridine rings is 1. The molecule has 178 valence electrons. The summed E-state index contributed by atoms with van der Waals surface area (Å²) >= 11 is 6.15. The quantitative estimate of drug-likeness (QED) is 0.356. The maximum Gasteiger partial charge on any atom is 0.258 e. The number of fused-ring (bicyclic) bond motifs is 1. The van der Waals surface area contributed by atoms with Crippen molar-refractivity contribution in [2.75, 3.05) is 0 Å². The molecule has 0 spiro atoms. The number of aromatic nitrogens is 3. The Morgan fingerprint density at radius 1 is 1.08 bits per heavy atom. The number of imidazole rings is 1. The average Bonchev–Trinajstić information content (AvgIpc) is 3.33. The van der Waals surface area contributed by atoms with Gasteiger partial charge in [0.15, 0.2) is 5.60 Å². The largest absolute Gasteiger partial charge is 0.374 e. The predicted molar refractivity (Wildman–Crippen MR) is 139 cm³/mol. The number of hydrogen-bond acceptors (Lipinski definition) is 3. The minimum atomic E-state index is -1.94. The summed E-state index contributed by atoms with van der Waals surface area (Å²) in [4.78, 5) is 18.3. The average molecular weight is 498 g/mol. The molecule has 3 aromatic carbocycles. The molecule has 0 fully saturated rings. The molecule has 0 saturated carbocycles. The highest BCUT2D eigenvalue weighted by Gasteiger charge is 2.42. The highest BCUT2D eigenvalue weighted by atomic mass is 35.5. The SMILES string of the molecule is C#Cc1cc(-c2c(C(O)(c3ccc(Cl)cc3)c3cncn3C)c(=O)n(C)c3ccccc23)ccc1F. The van der Waals surface area contributed by atoms with E-state index in [2.05, 4.69) is 10.9 Å². The predicted octanol–water partition coefficient (Wildman–Crippen LogP) is 5.00. The molecule has 36 heavy (non-hydrogen) atoms. The van der Waals surface area contributed by atoms with Crippen molar-refractivity contribution in [2.24, 2.45) is 14.1 Å². The van der Waals surface area contributed by atoms with Crippen molar-refractivity contribution in [1.29, 1.82) is 0 Å². The van der Waals surface area contributed by atoms with E-state index in [1.54, 1.807) is 55.3 Å². The standard InChI is InChI=1S/C29H21ClFN3O2/c1-4-18-15-19(9-14-23(18)31)26-22-7-5-6-8-24(22)34(3)28(35)27(26)29(36,25-16-32-17-33(25)2)20-10-12-21(30)13-11-20/h1,5-17,36H,2-3H3. The zero-order chi connectivity index (χ0) is 25.6. The van der Waals surface area contributed by atoms with Crippen LogP contribution >= 0.6 is 11.6 Å².